The van der Waals surface area contributed by atoms with Crippen LogP contribution in [0.15, 0.2) is 0 Å². The van der Waals surface area contributed by atoms with Gasteiger partial charge < -0.3 is 10.2 Å². The van der Waals surface area contributed by atoms with Crippen LogP contribution in [0.25, 0.3) is 0 Å². The zero-order chi connectivity index (χ0) is 15.4. The molecule has 0 aromatic rings. The van der Waals surface area contributed by atoms with Crippen LogP contribution in [0.5, 0.6) is 0 Å². The third kappa shape index (κ3) is 4.65. The maximum absolute atomic E-state index is 12.6. The zero-order valence-electron chi connectivity index (χ0n) is 12.5. The molecule has 1 saturated heterocycles. The van der Waals surface area contributed by atoms with E-state index in [1.54, 1.807) is 20.8 Å². The van der Waals surface area contributed by atoms with Crippen molar-refractivity contribution in [1.82, 2.24) is 10.2 Å². The van der Waals surface area contributed by atoms with Gasteiger partial charge >= 0.3 is 6.18 Å². The molecule has 0 aromatic heterocycles. The highest BCUT2D eigenvalue weighted by Gasteiger charge is 2.42. The lowest BCUT2D eigenvalue weighted by atomic mass is 9.74. The van der Waals surface area contributed by atoms with E-state index >= 15 is 0 Å². The number of alkyl halides is 3. The Morgan fingerprint density at radius 2 is 2.00 bits per heavy atom. The highest BCUT2D eigenvalue weighted by molar-refractivity contribution is 5.82. The first-order valence-electron chi connectivity index (χ1n) is 7.25. The summed E-state index contributed by atoms with van der Waals surface area (Å²) in [5, 5.41) is 3.22. The SMILES string of the molecule is CCCN(CC(F)(F)F)C(=O)C(C)(C)C1CCCNC1. The van der Waals surface area contributed by atoms with Gasteiger partial charge in [-0.2, -0.15) is 13.2 Å². The molecule has 1 amide bonds. The molecule has 0 spiro atoms. The minimum Gasteiger partial charge on any atom is -0.333 e. The van der Waals surface area contributed by atoms with Crippen molar-refractivity contribution in [3.05, 3.63) is 0 Å². The van der Waals surface area contributed by atoms with E-state index in [4.69, 9.17) is 0 Å². The summed E-state index contributed by atoms with van der Waals surface area (Å²) < 4.78 is 37.8. The lowest BCUT2D eigenvalue weighted by molar-refractivity contribution is -0.169. The number of hydrogen-bond donors (Lipinski definition) is 1. The molecule has 0 bridgehead atoms. The molecule has 0 radical (unpaired) electrons. The summed E-state index contributed by atoms with van der Waals surface area (Å²) in [5.41, 5.74) is -0.756. The summed E-state index contributed by atoms with van der Waals surface area (Å²) in [4.78, 5) is 13.5. The van der Waals surface area contributed by atoms with Gasteiger partial charge in [-0.05, 0) is 38.3 Å². The molecule has 3 nitrogen and oxygen atoms in total. The number of hydrogen-bond acceptors (Lipinski definition) is 2. The van der Waals surface area contributed by atoms with E-state index in [2.05, 4.69) is 5.32 Å². The monoisotopic (exact) mass is 294 g/mol. The summed E-state index contributed by atoms with van der Waals surface area (Å²) >= 11 is 0. The molecule has 1 rings (SSSR count). The van der Waals surface area contributed by atoms with Crippen molar-refractivity contribution in [1.29, 1.82) is 0 Å². The van der Waals surface area contributed by atoms with Crippen molar-refractivity contribution in [2.24, 2.45) is 11.3 Å². The van der Waals surface area contributed by atoms with E-state index in [1.165, 1.54) is 0 Å². The second-order valence-corrected chi connectivity index (χ2v) is 6.11. The Morgan fingerprint density at radius 1 is 1.35 bits per heavy atom. The van der Waals surface area contributed by atoms with Crippen molar-refractivity contribution < 1.29 is 18.0 Å². The van der Waals surface area contributed by atoms with Crippen LogP contribution in [-0.4, -0.2) is 43.2 Å². The Morgan fingerprint density at radius 3 is 2.45 bits per heavy atom. The maximum atomic E-state index is 12.6. The second-order valence-electron chi connectivity index (χ2n) is 6.11. The minimum atomic E-state index is -4.34. The topological polar surface area (TPSA) is 32.3 Å². The molecule has 0 saturated carbocycles. The summed E-state index contributed by atoms with van der Waals surface area (Å²) in [5.74, 6) is -0.290. The first-order valence-corrected chi connectivity index (χ1v) is 7.25. The number of rotatable bonds is 5. The minimum absolute atomic E-state index is 0.0938. The third-order valence-corrected chi connectivity index (χ3v) is 4.02. The van der Waals surface area contributed by atoms with Crippen LogP contribution in [0.2, 0.25) is 0 Å². The molecule has 0 aromatic carbocycles. The predicted molar refractivity (Wildman–Crippen MR) is 72.3 cm³/mol. The molecule has 1 aliphatic rings. The third-order valence-electron chi connectivity index (χ3n) is 4.02. The fraction of sp³-hybridized carbons (Fsp3) is 0.929. The van der Waals surface area contributed by atoms with E-state index in [-0.39, 0.29) is 18.4 Å². The lowest BCUT2D eigenvalue weighted by Gasteiger charge is -2.39. The average molecular weight is 294 g/mol. The van der Waals surface area contributed by atoms with Crippen molar-refractivity contribution in [2.75, 3.05) is 26.2 Å². The second kappa shape index (κ2) is 6.78. The van der Waals surface area contributed by atoms with Gasteiger partial charge in [-0.15, -0.1) is 0 Å². The van der Waals surface area contributed by atoms with Crippen molar-refractivity contribution in [3.63, 3.8) is 0 Å². The lowest BCUT2D eigenvalue weighted by Crippen LogP contribution is -2.51. The Balaban J connectivity index is 2.80. The van der Waals surface area contributed by atoms with Crippen LogP contribution in [0, 0.1) is 11.3 Å². The number of amides is 1. The van der Waals surface area contributed by atoms with Gasteiger partial charge in [0.2, 0.25) is 5.91 Å². The summed E-state index contributed by atoms with van der Waals surface area (Å²) in [7, 11) is 0. The van der Waals surface area contributed by atoms with Gasteiger partial charge in [0.25, 0.3) is 0 Å². The van der Waals surface area contributed by atoms with Gasteiger partial charge in [-0.3, -0.25) is 4.79 Å². The Labute approximate surface area is 118 Å². The van der Waals surface area contributed by atoms with E-state index in [9.17, 15) is 18.0 Å². The molecule has 1 heterocycles. The highest BCUT2D eigenvalue weighted by Crippen LogP contribution is 2.34. The molecule has 1 fully saturated rings. The van der Waals surface area contributed by atoms with Crippen LogP contribution in [-0.2, 0) is 4.79 Å². The molecule has 20 heavy (non-hydrogen) atoms. The van der Waals surface area contributed by atoms with Crippen molar-refractivity contribution in [2.45, 2.75) is 46.2 Å². The average Bonchev–Trinajstić information content (AvgIpc) is 2.37. The van der Waals surface area contributed by atoms with Crippen molar-refractivity contribution in [3.8, 4) is 0 Å². The van der Waals surface area contributed by atoms with E-state index in [1.807, 2.05) is 0 Å². The quantitative estimate of drug-likeness (QED) is 0.845. The molecule has 118 valence electrons. The molecule has 6 heteroatoms. The van der Waals surface area contributed by atoms with E-state index in [0.29, 0.717) is 13.0 Å². The van der Waals surface area contributed by atoms with Gasteiger partial charge in [0.05, 0.1) is 0 Å². The van der Waals surface area contributed by atoms with E-state index < -0.39 is 18.1 Å². The fourth-order valence-corrected chi connectivity index (χ4v) is 2.79. The van der Waals surface area contributed by atoms with Gasteiger partial charge in [0, 0.05) is 12.0 Å². The molecule has 1 unspecified atom stereocenters. The molecule has 1 N–H and O–H groups in total. The van der Waals surface area contributed by atoms with Crippen LogP contribution in [0.1, 0.15) is 40.0 Å². The first kappa shape index (κ1) is 17.3. The molecule has 0 aliphatic carbocycles. The Kier molecular flexibility index (Phi) is 5.86. The van der Waals surface area contributed by atoms with Crippen LogP contribution >= 0.6 is 0 Å². The molecular weight excluding hydrogens is 269 g/mol. The van der Waals surface area contributed by atoms with E-state index in [0.717, 1.165) is 24.3 Å². The summed E-state index contributed by atoms with van der Waals surface area (Å²) in [6, 6.07) is 0. The Hall–Kier alpha value is -0.780. The van der Waals surface area contributed by atoms with Gasteiger partial charge in [-0.1, -0.05) is 20.8 Å². The largest absolute Gasteiger partial charge is 0.406 e. The van der Waals surface area contributed by atoms with Gasteiger partial charge in [0.1, 0.15) is 6.54 Å². The highest BCUT2D eigenvalue weighted by atomic mass is 19.4. The van der Waals surface area contributed by atoms with Crippen LogP contribution in [0.4, 0.5) is 13.2 Å². The molecule has 1 aliphatic heterocycles. The predicted octanol–water partition coefficient (Wildman–Crippen LogP) is 2.81. The fourth-order valence-electron chi connectivity index (χ4n) is 2.79. The standard InChI is InChI=1S/C14H25F3N2O/c1-4-8-19(10-14(15,16)17)12(20)13(2,3)11-6-5-7-18-9-11/h11,18H,4-10H2,1-3H3. The Bertz CT molecular complexity index is 323. The number of nitrogens with one attached hydrogen (secondary N) is 1. The summed E-state index contributed by atoms with van der Waals surface area (Å²) in [6.07, 6.45) is -1.96. The van der Waals surface area contributed by atoms with Gasteiger partial charge in [-0.25, -0.2) is 0 Å². The molecular formula is C14H25F3N2O. The first-order chi connectivity index (χ1) is 9.18. The normalized spacial score (nSPS) is 20.8. The number of carbonyl (C=O) groups is 1. The van der Waals surface area contributed by atoms with Crippen LogP contribution < -0.4 is 5.32 Å². The van der Waals surface area contributed by atoms with Gasteiger partial charge in [0.15, 0.2) is 0 Å². The molecule has 1 atom stereocenters. The number of carbonyl (C=O) groups excluding carboxylic acids is 1. The van der Waals surface area contributed by atoms with Crippen LogP contribution in [0.3, 0.4) is 0 Å². The summed E-state index contributed by atoms with van der Waals surface area (Å²) in [6.45, 7) is 5.95. The number of piperidine rings is 1. The maximum Gasteiger partial charge on any atom is 0.406 e. The smallest absolute Gasteiger partial charge is 0.333 e. The van der Waals surface area contributed by atoms with Crippen molar-refractivity contribution >= 4 is 5.91 Å². The number of halogens is 3. The zero-order valence-corrected chi connectivity index (χ0v) is 12.5. The number of nitrogens with zero attached hydrogens (tertiary/aromatic N) is 1.